The number of esters is 1. The molecule has 1 aromatic carbocycles. The summed E-state index contributed by atoms with van der Waals surface area (Å²) in [5, 5.41) is 10.5. The number of methoxy groups -OCH3 is 1. The lowest BCUT2D eigenvalue weighted by Crippen LogP contribution is -2.58. The molecule has 8 nitrogen and oxygen atoms in total. The number of hydrogen-bond donors (Lipinski definition) is 1. The summed E-state index contributed by atoms with van der Waals surface area (Å²) in [6.45, 7) is 17.3. The molecule has 2 bridgehead atoms. The highest BCUT2D eigenvalue weighted by atomic mass is 28.4. The van der Waals surface area contributed by atoms with E-state index in [0.717, 1.165) is 30.6 Å². The van der Waals surface area contributed by atoms with Gasteiger partial charge in [-0.05, 0) is 87.7 Å². The van der Waals surface area contributed by atoms with Gasteiger partial charge in [-0.1, -0.05) is 45.0 Å². The van der Waals surface area contributed by atoms with E-state index in [-0.39, 0.29) is 29.0 Å². The summed E-state index contributed by atoms with van der Waals surface area (Å²) in [6, 6.07) is 6.87. The molecule has 3 rings (SSSR count). The van der Waals surface area contributed by atoms with E-state index >= 15 is 0 Å². The molecule has 3 atom stereocenters. The van der Waals surface area contributed by atoms with Crippen molar-refractivity contribution in [3.05, 3.63) is 41.0 Å². The standard InChI is InChI=1S/C31H47NO7Si/c1-30(2,3)39-29(36)32-23-17-22(28(35)37-7)18-25(32)26(27(33)34)24(19-23)21-14-12-20(13-15-21)11-10-16-38-40(8,9)31(4,5)6/h12-15,22-23,25H,10-11,16-19H2,1-9H3,(H,33,34). The zero-order valence-electron chi connectivity index (χ0n) is 25.6. The van der Waals surface area contributed by atoms with Gasteiger partial charge in [0.1, 0.15) is 5.60 Å². The maximum atomic E-state index is 13.2. The molecular formula is C31H47NO7Si. The van der Waals surface area contributed by atoms with Crippen molar-refractivity contribution in [3.8, 4) is 0 Å². The van der Waals surface area contributed by atoms with Gasteiger partial charge in [0, 0.05) is 12.6 Å². The van der Waals surface area contributed by atoms with Crippen LogP contribution < -0.4 is 0 Å². The van der Waals surface area contributed by atoms with Crippen LogP contribution in [0, 0.1) is 5.92 Å². The summed E-state index contributed by atoms with van der Waals surface area (Å²) in [5.41, 5.74) is 2.11. The molecule has 40 heavy (non-hydrogen) atoms. The minimum Gasteiger partial charge on any atom is -0.478 e. The molecule has 2 aliphatic heterocycles. The quantitative estimate of drug-likeness (QED) is 0.217. The third-order valence-electron chi connectivity index (χ3n) is 8.44. The van der Waals surface area contributed by atoms with Gasteiger partial charge in [-0.25, -0.2) is 9.59 Å². The van der Waals surface area contributed by atoms with Crippen LogP contribution in [0.4, 0.5) is 4.79 Å². The normalized spacial score (nSPS) is 21.7. The fourth-order valence-electron chi connectivity index (χ4n) is 5.35. The summed E-state index contributed by atoms with van der Waals surface area (Å²) >= 11 is 0. The van der Waals surface area contributed by atoms with E-state index in [2.05, 4.69) is 33.9 Å². The molecule has 3 unspecified atom stereocenters. The number of carboxylic acid groups (broad SMARTS) is 1. The third kappa shape index (κ3) is 7.35. The molecular weight excluding hydrogens is 526 g/mol. The molecule has 1 N–H and O–H groups in total. The monoisotopic (exact) mass is 573 g/mol. The molecule has 0 radical (unpaired) electrons. The number of aliphatic carboxylic acids is 1. The van der Waals surface area contributed by atoms with Crippen molar-refractivity contribution in [1.29, 1.82) is 0 Å². The van der Waals surface area contributed by atoms with Crippen molar-refractivity contribution >= 4 is 31.9 Å². The van der Waals surface area contributed by atoms with Gasteiger partial charge in [0.2, 0.25) is 0 Å². The molecule has 1 amide bonds. The van der Waals surface area contributed by atoms with Crippen molar-refractivity contribution in [1.82, 2.24) is 4.90 Å². The maximum absolute atomic E-state index is 13.2. The first kappa shape index (κ1) is 31.9. The van der Waals surface area contributed by atoms with Crippen molar-refractivity contribution < 1.29 is 33.4 Å². The van der Waals surface area contributed by atoms with Gasteiger partial charge < -0.3 is 19.0 Å². The van der Waals surface area contributed by atoms with E-state index in [1.54, 1.807) is 20.8 Å². The van der Waals surface area contributed by atoms with Crippen LogP contribution in [0.3, 0.4) is 0 Å². The molecule has 222 valence electrons. The second-order valence-electron chi connectivity index (χ2n) is 13.6. The number of aryl methyl sites for hydroxylation is 1. The number of rotatable bonds is 8. The molecule has 1 fully saturated rings. The summed E-state index contributed by atoms with van der Waals surface area (Å²) in [7, 11) is -0.442. The molecule has 0 saturated carbocycles. The fourth-order valence-corrected chi connectivity index (χ4v) is 6.44. The van der Waals surface area contributed by atoms with E-state index in [4.69, 9.17) is 13.9 Å². The van der Waals surface area contributed by atoms with Gasteiger partial charge in [-0.3, -0.25) is 9.69 Å². The van der Waals surface area contributed by atoms with Crippen LogP contribution in [0.25, 0.3) is 5.57 Å². The van der Waals surface area contributed by atoms with Crippen molar-refractivity contribution in [2.24, 2.45) is 5.92 Å². The Balaban J connectivity index is 1.85. The predicted molar refractivity (Wildman–Crippen MR) is 157 cm³/mol. The number of carbonyl (C=O) groups excluding carboxylic acids is 2. The lowest BCUT2D eigenvalue weighted by Gasteiger charge is -2.48. The Morgan fingerprint density at radius 2 is 1.65 bits per heavy atom. The second kappa shape index (κ2) is 12.1. The lowest BCUT2D eigenvalue weighted by atomic mass is 9.74. The second-order valence-corrected chi connectivity index (χ2v) is 18.4. The first-order valence-electron chi connectivity index (χ1n) is 14.2. The average Bonchev–Trinajstić information content (AvgIpc) is 2.83. The number of piperidine rings is 1. The van der Waals surface area contributed by atoms with Crippen molar-refractivity contribution in [3.63, 3.8) is 0 Å². The maximum Gasteiger partial charge on any atom is 0.411 e. The molecule has 1 saturated heterocycles. The summed E-state index contributed by atoms with van der Waals surface area (Å²) in [6.07, 6.45) is 2.13. The highest BCUT2D eigenvalue weighted by Crippen LogP contribution is 2.44. The zero-order valence-corrected chi connectivity index (χ0v) is 26.6. The van der Waals surface area contributed by atoms with Gasteiger partial charge in [0.15, 0.2) is 8.32 Å². The van der Waals surface area contributed by atoms with Gasteiger partial charge in [-0.15, -0.1) is 0 Å². The van der Waals surface area contributed by atoms with E-state index in [0.29, 0.717) is 18.4 Å². The van der Waals surface area contributed by atoms with Crippen LogP contribution in [0.2, 0.25) is 18.1 Å². The summed E-state index contributed by atoms with van der Waals surface area (Å²) < 4.78 is 16.9. The lowest BCUT2D eigenvalue weighted by molar-refractivity contribution is -0.149. The van der Waals surface area contributed by atoms with Gasteiger partial charge in [0.05, 0.1) is 24.6 Å². The van der Waals surface area contributed by atoms with Crippen LogP contribution in [0.1, 0.15) is 78.4 Å². The fraction of sp³-hybridized carbons (Fsp3) is 0.645. The average molecular weight is 574 g/mol. The van der Waals surface area contributed by atoms with Crippen LogP contribution >= 0.6 is 0 Å². The first-order valence-corrected chi connectivity index (χ1v) is 17.1. The Kier molecular flexibility index (Phi) is 9.61. The number of amides is 1. The van der Waals surface area contributed by atoms with E-state index < -0.39 is 37.9 Å². The van der Waals surface area contributed by atoms with Gasteiger partial charge >= 0.3 is 18.0 Å². The van der Waals surface area contributed by atoms with E-state index in [1.165, 1.54) is 12.0 Å². The highest BCUT2D eigenvalue weighted by Gasteiger charge is 2.49. The third-order valence-corrected chi connectivity index (χ3v) is 13.0. The highest BCUT2D eigenvalue weighted by molar-refractivity contribution is 6.74. The number of carboxylic acids is 1. The van der Waals surface area contributed by atoms with Gasteiger partial charge in [0.25, 0.3) is 0 Å². The summed E-state index contributed by atoms with van der Waals surface area (Å²) in [4.78, 5) is 39.9. The first-order chi connectivity index (χ1) is 18.4. The number of ether oxygens (including phenoxy) is 2. The molecule has 0 aromatic heterocycles. The molecule has 0 aliphatic carbocycles. The van der Waals surface area contributed by atoms with Crippen LogP contribution in [-0.2, 0) is 29.9 Å². The topological polar surface area (TPSA) is 102 Å². The molecule has 0 spiro atoms. The smallest absolute Gasteiger partial charge is 0.411 e. The molecule has 9 heteroatoms. The molecule has 1 aromatic rings. The minimum atomic E-state index is -1.77. The van der Waals surface area contributed by atoms with Crippen molar-refractivity contribution in [2.45, 2.75) is 109 Å². The van der Waals surface area contributed by atoms with Gasteiger partial charge in [-0.2, -0.15) is 0 Å². The Morgan fingerprint density at radius 1 is 1.02 bits per heavy atom. The predicted octanol–water partition coefficient (Wildman–Crippen LogP) is 6.44. The number of benzene rings is 1. The Bertz CT molecular complexity index is 1130. The Hall–Kier alpha value is -2.65. The Morgan fingerprint density at radius 3 is 2.17 bits per heavy atom. The summed E-state index contributed by atoms with van der Waals surface area (Å²) in [5.74, 6) is -1.95. The largest absolute Gasteiger partial charge is 0.478 e. The van der Waals surface area contributed by atoms with E-state index in [9.17, 15) is 19.5 Å². The van der Waals surface area contributed by atoms with Crippen LogP contribution in [-0.4, -0.2) is 67.8 Å². The van der Waals surface area contributed by atoms with E-state index in [1.807, 2.05) is 24.3 Å². The minimum absolute atomic E-state index is 0.145. The SMILES string of the molecule is COC(=O)C1CC2CC(c3ccc(CCCO[Si](C)(C)C(C)(C)C)cc3)=C(C(=O)O)C(C1)N2C(=O)OC(C)(C)C. The number of nitrogens with zero attached hydrogens (tertiary/aromatic N) is 1. The zero-order chi connectivity index (χ0) is 30.0. The Labute approximate surface area is 240 Å². The van der Waals surface area contributed by atoms with Crippen LogP contribution in [0.15, 0.2) is 29.8 Å². The number of fused-ring (bicyclic) bond motifs is 2. The number of hydrogen-bond acceptors (Lipinski definition) is 6. The number of carbonyl (C=O) groups is 3. The molecule has 2 heterocycles. The van der Waals surface area contributed by atoms with Crippen molar-refractivity contribution in [2.75, 3.05) is 13.7 Å². The molecule has 2 aliphatic rings. The van der Waals surface area contributed by atoms with Crippen LogP contribution in [0.5, 0.6) is 0 Å².